The maximum Gasteiger partial charge on any atom is 0.399 e. The van der Waals surface area contributed by atoms with Crippen molar-refractivity contribution in [2.75, 3.05) is 6.61 Å². The lowest BCUT2D eigenvalue weighted by Gasteiger charge is -1.99. The average Bonchev–Trinajstić information content (AvgIpc) is 2.88. The fourth-order valence-electron chi connectivity index (χ4n) is 1.30. The first-order chi connectivity index (χ1) is 9.22. The van der Waals surface area contributed by atoms with E-state index in [1.807, 2.05) is 6.07 Å². The van der Waals surface area contributed by atoms with Gasteiger partial charge >= 0.3 is 12.0 Å². The van der Waals surface area contributed by atoms with Crippen molar-refractivity contribution in [2.45, 2.75) is 6.92 Å². The molecule has 0 aliphatic rings. The van der Waals surface area contributed by atoms with Crippen molar-refractivity contribution in [1.29, 1.82) is 5.26 Å². The van der Waals surface area contributed by atoms with E-state index in [4.69, 9.17) is 19.2 Å². The third-order valence-electron chi connectivity index (χ3n) is 2.16. The van der Waals surface area contributed by atoms with Crippen molar-refractivity contribution >= 4 is 5.97 Å². The molecule has 0 radical (unpaired) electrons. The summed E-state index contributed by atoms with van der Waals surface area (Å²) < 4.78 is 15.1. The molecule has 0 aliphatic heterocycles. The molecule has 0 aliphatic carbocycles. The van der Waals surface area contributed by atoms with Crippen molar-refractivity contribution in [3.63, 3.8) is 0 Å². The molecule has 0 atom stereocenters. The normalized spacial score (nSPS) is 9.68. The van der Waals surface area contributed by atoms with Crippen molar-refractivity contribution in [1.82, 2.24) is 4.98 Å². The van der Waals surface area contributed by atoms with Gasteiger partial charge in [-0.2, -0.15) is 10.2 Å². The van der Waals surface area contributed by atoms with Gasteiger partial charge in [-0.15, -0.1) is 0 Å². The van der Waals surface area contributed by atoms with Gasteiger partial charge in [-0.1, -0.05) is 0 Å². The largest absolute Gasteiger partial charge is 0.461 e. The molecule has 96 valence electrons. The van der Waals surface area contributed by atoms with Crippen LogP contribution in [0, 0.1) is 11.3 Å². The summed E-state index contributed by atoms with van der Waals surface area (Å²) in [6, 6.07) is 8.41. The average molecular weight is 258 g/mol. The van der Waals surface area contributed by atoms with E-state index in [1.165, 1.54) is 0 Å². The lowest BCUT2D eigenvalue weighted by atomic mass is 10.2. The Labute approximate surface area is 109 Å². The first kappa shape index (κ1) is 12.6. The zero-order valence-electron chi connectivity index (χ0n) is 10.1. The van der Waals surface area contributed by atoms with E-state index in [9.17, 15) is 4.79 Å². The molecule has 6 nitrogen and oxygen atoms in total. The summed E-state index contributed by atoms with van der Waals surface area (Å²) in [5.74, 6) is -0.114. The Hall–Kier alpha value is -2.81. The highest BCUT2D eigenvalue weighted by molar-refractivity contribution is 5.86. The Morgan fingerprint density at radius 3 is 2.79 bits per heavy atom. The van der Waals surface area contributed by atoms with Gasteiger partial charge in [0, 0.05) is 0 Å². The maximum absolute atomic E-state index is 11.4. The molecule has 0 saturated carbocycles. The number of nitriles is 1. The second-order valence-corrected chi connectivity index (χ2v) is 3.46. The van der Waals surface area contributed by atoms with E-state index < -0.39 is 5.97 Å². The van der Waals surface area contributed by atoms with Gasteiger partial charge < -0.3 is 13.9 Å². The minimum Gasteiger partial charge on any atom is -0.461 e. The maximum atomic E-state index is 11.4. The Morgan fingerprint density at radius 2 is 2.16 bits per heavy atom. The van der Waals surface area contributed by atoms with Gasteiger partial charge in [-0.25, -0.2) is 4.79 Å². The van der Waals surface area contributed by atoms with Gasteiger partial charge in [-0.05, 0) is 31.2 Å². The van der Waals surface area contributed by atoms with Crippen LogP contribution in [-0.4, -0.2) is 17.6 Å². The third kappa shape index (κ3) is 3.10. The number of oxazole rings is 1. The Bertz CT molecular complexity index is 610. The molecule has 0 bridgehead atoms. The second kappa shape index (κ2) is 5.69. The molecule has 0 spiro atoms. The Morgan fingerprint density at radius 1 is 1.42 bits per heavy atom. The minimum absolute atomic E-state index is 0.0468. The number of rotatable bonds is 4. The molecule has 2 rings (SSSR count). The molecule has 1 aromatic carbocycles. The van der Waals surface area contributed by atoms with Crippen LogP contribution in [0.15, 0.2) is 34.9 Å². The molecular weight excluding hydrogens is 248 g/mol. The van der Waals surface area contributed by atoms with Crippen LogP contribution in [0.3, 0.4) is 0 Å². The number of hydrogen-bond acceptors (Lipinski definition) is 6. The molecule has 2 aromatic rings. The topological polar surface area (TPSA) is 85.4 Å². The van der Waals surface area contributed by atoms with Crippen molar-refractivity contribution in [3.05, 3.63) is 41.8 Å². The molecule has 0 saturated heterocycles. The van der Waals surface area contributed by atoms with Gasteiger partial charge in [0.2, 0.25) is 0 Å². The molecular formula is C13H10N2O4. The fourth-order valence-corrected chi connectivity index (χ4v) is 1.30. The number of hydrogen-bond donors (Lipinski definition) is 0. The smallest absolute Gasteiger partial charge is 0.399 e. The number of nitrogens with zero attached hydrogens (tertiary/aromatic N) is 2. The van der Waals surface area contributed by atoms with E-state index in [2.05, 4.69) is 4.98 Å². The van der Waals surface area contributed by atoms with Crippen LogP contribution in [0.5, 0.6) is 11.8 Å². The summed E-state index contributed by atoms with van der Waals surface area (Å²) in [4.78, 5) is 15.2. The van der Waals surface area contributed by atoms with E-state index in [0.29, 0.717) is 11.3 Å². The van der Waals surface area contributed by atoms with E-state index in [-0.39, 0.29) is 18.4 Å². The molecule has 0 fully saturated rings. The monoisotopic (exact) mass is 258 g/mol. The zero-order chi connectivity index (χ0) is 13.7. The number of ether oxygens (including phenoxy) is 2. The highest BCUT2D eigenvalue weighted by Gasteiger charge is 2.14. The van der Waals surface area contributed by atoms with Crippen molar-refractivity contribution in [2.24, 2.45) is 0 Å². The van der Waals surface area contributed by atoms with Gasteiger partial charge in [0.1, 0.15) is 12.0 Å². The van der Waals surface area contributed by atoms with Crippen LogP contribution in [0.1, 0.15) is 23.0 Å². The number of esters is 1. The summed E-state index contributed by atoms with van der Waals surface area (Å²) in [5.41, 5.74) is 0.567. The molecule has 1 aromatic heterocycles. The van der Waals surface area contributed by atoms with Crippen LogP contribution in [0.2, 0.25) is 0 Å². The highest BCUT2D eigenvalue weighted by Crippen LogP contribution is 2.21. The van der Waals surface area contributed by atoms with Crippen LogP contribution >= 0.6 is 0 Å². The quantitative estimate of drug-likeness (QED) is 0.783. The first-order valence-corrected chi connectivity index (χ1v) is 5.53. The standard InChI is InChI=1S/C13H10N2O4/c1-2-17-12(16)11-8-18-13(15-11)19-10-5-3-9(7-14)4-6-10/h3-6,8H,2H2,1H3. The van der Waals surface area contributed by atoms with Crippen molar-refractivity contribution in [3.8, 4) is 17.9 Å². The Balaban J connectivity index is 2.07. The lowest BCUT2D eigenvalue weighted by molar-refractivity contribution is 0.0519. The number of benzene rings is 1. The molecule has 19 heavy (non-hydrogen) atoms. The first-order valence-electron chi connectivity index (χ1n) is 5.53. The lowest BCUT2D eigenvalue weighted by Crippen LogP contribution is -2.04. The number of carbonyl (C=O) groups excluding carboxylic acids is 1. The molecule has 0 amide bonds. The van der Waals surface area contributed by atoms with E-state index in [1.54, 1.807) is 31.2 Å². The van der Waals surface area contributed by atoms with Crippen LogP contribution in [0.25, 0.3) is 0 Å². The van der Waals surface area contributed by atoms with Crippen molar-refractivity contribution < 1.29 is 18.7 Å². The van der Waals surface area contributed by atoms with Gasteiger partial charge in [-0.3, -0.25) is 0 Å². The zero-order valence-corrected chi connectivity index (χ0v) is 10.1. The van der Waals surface area contributed by atoms with Gasteiger partial charge in [0.25, 0.3) is 0 Å². The molecule has 1 heterocycles. The summed E-state index contributed by atoms with van der Waals surface area (Å²) in [6.45, 7) is 1.96. The fraction of sp³-hybridized carbons (Fsp3) is 0.154. The van der Waals surface area contributed by atoms with Gasteiger partial charge in [0.05, 0.1) is 18.2 Å². The van der Waals surface area contributed by atoms with Crippen LogP contribution in [0.4, 0.5) is 0 Å². The van der Waals surface area contributed by atoms with Crippen LogP contribution < -0.4 is 4.74 Å². The predicted molar refractivity (Wildman–Crippen MR) is 63.7 cm³/mol. The minimum atomic E-state index is -0.569. The molecule has 0 unspecified atom stereocenters. The third-order valence-corrected chi connectivity index (χ3v) is 2.16. The summed E-state index contributed by atoms with van der Waals surface area (Å²) in [5, 5.41) is 8.66. The van der Waals surface area contributed by atoms with Gasteiger partial charge in [0.15, 0.2) is 5.69 Å². The molecule has 0 N–H and O–H groups in total. The number of aromatic nitrogens is 1. The SMILES string of the molecule is CCOC(=O)c1coc(Oc2ccc(C#N)cc2)n1. The highest BCUT2D eigenvalue weighted by atomic mass is 16.6. The van der Waals surface area contributed by atoms with E-state index in [0.717, 1.165) is 6.26 Å². The molecule has 6 heteroatoms. The second-order valence-electron chi connectivity index (χ2n) is 3.46. The summed E-state index contributed by atoms with van der Waals surface area (Å²) >= 11 is 0. The predicted octanol–water partition coefficient (Wildman–Crippen LogP) is 2.52. The summed E-state index contributed by atoms with van der Waals surface area (Å²) in [6.07, 6.45) is 1.10. The van der Waals surface area contributed by atoms with E-state index >= 15 is 0 Å². The Kier molecular flexibility index (Phi) is 3.78. The summed E-state index contributed by atoms with van der Waals surface area (Å²) in [7, 11) is 0. The number of carbonyl (C=O) groups is 1. The van der Waals surface area contributed by atoms with Crippen LogP contribution in [-0.2, 0) is 4.74 Å².